The summed E-state index contributed by atoms with van der Waals surface area (Å²) in [7, 11) is 0. The Bertz CT molecular complexity index is 881. The number of carboxylic acids is 1. The van der Waals surface area contributed by atoms with Crippen molar-refractivity contribution in [3.8, 4) is 0 Å². The van der Waals surface area contributed by atoms with Crippen LogP contribution in [0.4, 0.5) is 5.69 Å². The van der Waals surface area contributed by atoms with Gasteiger partial charge < -0.3 is 5.11 Å². The maximum absolute atomic E-state index is 12.8. The van der Waals surface area contributed by atoms with Gasteiger partial charge in [-0.1, -0.05) is 23.9 Å². The van der Waals surface area contributed by atoms with Crippen LogP contribution in [-0.2, 0) is 9.59 Å². The normalized spacial score (nSPS) is 17.2. The monoisotopic (exact) mass is 356 g/mol. The van der Waals surface area contributed by atoms with Crippen molar-refractivity contribution in [2.45, 2.75) is 30.5 Å². The van der Waals surface area contributed by atoms with Crippen LogP contribution in [0.5, 0.6) is 0 Å². The molecule has 2 amide bonds. The molecule has 1 aromatic heterocycles. The molecule has 0 bridgehead atoms. The molecule has 1 aromatic carbocycles. The maximum atomic E-state index is 12.8. The number of thioether (sulfide) groups is 1. The van der Waals surface area contributed by atoms with Crippen LogP contribution in [0.1, 0.15) is 27.9 Å². The molecule has 1 unspecified atom stereocenters. The van der Waals surface area contributed by atoms with Gasteiger partial charge in [-0.15, -0.1) is 0 Å². The number of pyridine rings is 1. The summed E-state index contributed by atoms with van der Waals surface area (Å²) in [5, 5.41) is 8.80. The Labute approximate surface area is 148 Å². The Kier molecular flexibility index (Phi) is 4.59. The highest BCUT2D eigenvalue weighted by Gasteiger charge is 2.41. The molecule has 1 aliphatic rings. The third-order valence-electron chi connectivity index (χ3n) is 4.18. The van der Waals surface area contributed by atoms with E-state index in [-0.39, 0.29) is 28.8 Å². The Morgan fingerprint density at radius 3 is 2.72 bits per heavy atom. The predicted octanol–water partition coefficient (Wildman–Crippen LogP) is 2.82. The van der Waals surface area contributed by atoms with Gasteiger partial charge in [0.15, 0.2) is 0 Å². The van der Waals surface area contributed by atoms with E-state index in [2.05, 4.69) is 4.98 Å². The van der Waals surface area contributed by atoms with Gasteiger partial charge in [0.05, 0.1) is 16.5 Å². The first-order valence-electron chi connectivity index (χ1n) is 7.68. The van der Waals surface area contributed by atoms with E-state index in [9.17, 15) is 19.5 Å². The van der Waals surface area contributed by atoms with E-state index >= 15 is 0 Å². The molecule has 0 saturated carbocycles. The molecule has 0 spiro atoms. The molecule has 7 heteroatoms. The number of benzene rings is 1. The number of aromatic nitrogens is 1. The van der Waals surface area contributed by atoms with E-state index < -0.39 is 11.2 Å². The molecule has 25 heavy (non-hydrogen) atoms. The fraction of sp³-hybridized carbons (Fsp3) is 0.222. The van der Waals surface area contributed by atoms with Crippen molar-refractivity contribution in [3.63, 3.8) is 0 Å². The van der Waals surface area contributed by atoms with Crippen molar-refractivity contribution in [3.05, 3.63) is 53.2 Å². The lowest BCUT2D eigenvalue weighted by Gasteiger charge is -2.18. The first-order valence-corrected chi connectivity index (χ1v) is 8.56. The average molecular weight is 356 g/mol. The van der Waals surface area contributed by atoms with E-state index in [1.165, 1.54) is 23.2 Å². The summed E-state index contributed by atoms with van der Waals surface area (Å²) >= 11 is 1.02. The van der Waals surface area contributed by atoms with E-state index in [4.69, 9.17) is 0 Å². The first-order chi connectivity index (χ1) is 11.9. The standard InChI is InChI=1S/C18H16N2O4S/c1-10-5-3-7-13(11(10)2)20-15(21)9-14(17(20)22)25-16-12(18(23)24)6-4-8-19-16/h3-8,14H,9H2,1-2H3,(H,23,24). The van der Waals surface area contributed by atoms with Gasteiger partial charge in [-0.05, 0) is 43.2 Å². The van der Waals surface area contributed by atoms with E-state index in [1.807, 2.05) is 19.9 Å². The quantitative estimate of drug-likeness (QED) is 0.848. The largest absolute Gasteiger partial charge is 0.478 e. The van der Waals surface area contributed by atoms with E-state index in [0.717, 1.165) is 22.9 Å². The summed E-state index contributed by atoms with van der Waals surface area (Å²) in [6.07, 6.45) is 1.49. The van der Waals surface area contributed by atoms with Crippen LogP contribution in [0, 0.1) is 13.8 Å². The zero-order valence-electron chi connectivity index (χ0n) is 13.7. The van der Waals surface area contributed by atoms with Crippen molar-refractivity contribution in [2.24, 2.45) is 0 Å². The summed E-state index contributed by atoms with van der Waals surface area (Å²) in [5.41, 5.74) is 2.47. The highest BCUT2D eigenvalue weighted by Crippen LogP contribution is 2.35. The first kappa shape index (κ1) is 17.2. The minimum Gasteiger partial charge on any atom is -0.478 e. The van der Waals surface area contributed by atoms with Crippen molar-refractivity contribution in [1.82, 2.24) is 4.98 Å². The lowest BCUT2D eigenvalue weighted by molar-refractivity contribution is -0.121. The SMILES string of the molecule is Cc1cccc(N2C(=O)CC(Sc3ncccc3C(=O)O)C2=O)c1C. The number of aryl methyl sites for hydroxylation is 1. The zero-order valence-corrected chi connectivity index (χ0v) is 14.5. The number of carboxylic acid groups (broad SMARTS) is 1. The lowest BCUT2D eigenvalue weighted by atomic mass is 10.1. The van der Waals surface area contributed by atoms with E-state index in [0.29, 0.717) is 5.69 Å². The Morgan fingerprint density at radius 1 is 1.24 bits per heavy atom. The highest BCUT2D eigenvalue weighted by atomic mass is 32.2. The maximum Gasteiger partial charge on any atom is 0.338 e. The summed E-state index contributed by atoms with van der Waals surface area (Å²) in [4.78, 5) is 41.7. The Morgan fingerprint density at radius 2 is 2.00 bits per heavy atom. The van der Waals surface area contributed by atoms with Crippen molar-refractivity contribution >= 4 is 35.2 Å². The Balaban J connectivity index is 1.90. The molecule has 1 N–H and O–H groups in total. The lowest BCUT2D eigenvalue weighted by Crippen LogP contribution is -2.31. The molecule has 0 aliphatic carbocycles. The molecular formula is C18H16N2O4S. The Hall–Kier alpha value is -2.67. The number of rotatable bonds is 4. The number of hydrogen-bond donors (Lipinski definition) is 1. The number of hydrogen-bond acceptors (Lipinski definition) is 5. The van der Waals surface area contributed by atoms with Gasteiger partial charge in [0.2, 0.25) is 11.8 Å². The molecule has 128 valence electrons. The fourth-order valence-corrected chi connectivity index (χ4v) is 3.81. The van der Waals surface area contributed by atoms with Crippen LogP contribution < -0.4 is 4.90 Å². The summed E-state index contributed by atoms with van der Waals surface area (Å²) in [6.45, 7) is 3.79. The van der Waals surface area contributed by atoms with Crippen molar-refractivity contribution in [2.75, 3.05) is 4.90 Å². The second kappa shape index (κ2) is 6.68. The summed E-state index contributed by atoms with van der Waals surface area (Å²) in [6, 6.07) is 8.43. The smallest absolute Gasteiger partial charge is 0.338 e. The van der Waals surface area contributed by atoms with Gasteiger partial charge in [0, 0.05) is 12.6 Å². The number of imide groups is 1. The van der Waals surface area contributed by atoms with Gasteiger partial charge in [0.25, 0.3) is 0 Å². The minimum atomic E-state index is -1.11. The third kappa shape index (κ3) is 3.15. The van der Waals surface area contributed by atoms with Crippen LogP contribution in [0.15, 0.2) is 41.6 Å². The molecule has 2 heterocycles. The van der Waals surface area contributed by atoms with Crippen LogP contribution in [-0.4, -0.2) is 33.1 Å². The van der Waals surface area contributed by atoms with Gasteiger partial charge in [0.1, 0.15) is 5.03 Å². The van der Waals surface area contributed by atoms with Gasteiger partial charge in [-0.2, -0.15) is 0 Å². The van der Waals surface area contributed by atoms with Gasteiger partial charge >= 0.3 is 5.97 Å². The summed E-state index contributed by atoms with van der Waals surface area (Å²) in [5.74, 6) is -1.74. The van der Waals surface area contributed by atoms with Crippen LogP contribution in [0.25, 0.3) is 0 Å². The third-order valence-corrected chi connectivity index (χ3v) is 5.38. The molecule has 1 atom stereocenters. The topological polar surface area (TPSA) is 87.6 Å². The number of anilines is 1. The second-order valence-electron chi connectivity index (χ2n) is 5.76. The van der Waals surface area contributed by atoms with Gasteiger partial charge in [-0.3, -0.25) is 9.59 Å². The molecule has 1 fully saturated rings. The predicted molar refractivity (Wildman–Crippen MR) is 93.9 cm³/mol. The number of nitrogens with zero attached hydrogens (tertiary/aromatic N) is 2. The molecule has 0 radical (unpaired) electrons. The average Bonchev–Trinajstić information content (AvgIpc) is 2.85. The zero-order chi connectivity index (χ0) is 18.1. The number of carbonyl (C=O) groups excluding carboxylic acids is 2. The molecule has 6 nitrogen and oxygen atoms in total. The van der Waals surface area contributed by atoms with E-state index in [1.54, 1.807) is 12.1 Å². The number of carbonyl (C=O) groups is 3. The fourth-order valence-electron chi connectivity index (χ4n) is 2.71. The summed E-state index contributed by atoms with van der Waals surface area (Å²) < 4.78 is 0. The van der Waals surface area contributed by atoms with Crippen molar-refractivity contribution < 1.29 is 19.5 Å². The molecular weight excluding hydrogens is 340 g/mol. The molecule has 2 aromatic rings. The molecule has 1 aliphatic heterocycles. The number of aromatic carboxylic acids is 1. The minimum absolute atomic E-state index is 0.0204. The van der Waals surface area contributed by atoms with Crippen LogP contribution in [0.2, 0.25) is 0 Å². The number of amides is 2. The molecule has 3 rings (SSSR count). The van der Waals surface area contributed by atoms with Crippen molar-refractivity contribution in [1.29, 1.82) is 0 Å². The van der Waals surface area contributed by atoms with Crippen LogP contribution in [0.3, 0.4) is 0 Å². The molecule has 1 saturated heterocycles. The van der Waals surface area contributed by atoms with Gasteiger partial charge in [-0.25, -0.2) is 14.7 Å². The highest BCUT2D eigenvalue weighted by molar-refractivity contribution is 8.00. The second-order valence-corrected chi connectivity index (χ2v) is 6.95. The van der Waals surface area contributed by atoms with Crippen LogP contribution >= 0.6 is 11.8 Å².